The smallest absolute Gasteiger partial charge is 0.264 e. The molecule has 0 aliphatic carbocycles. The quantitative estimate of drug-likeness (QED) is 0.341. The summed E-state index contributed by atoms with van der Waals surface area (Å²) >= 11 is 0. The molecule has 0 aromatic heterocycles. The molecule has 3 aliphatic rings. The van der Waals surface area contributed by atoms with Crippen molar-refractivity contribution in [3.8, 4) is 5.75 Å². The van der Waals surface area contributed by atoms with E-state index in [4.69, 9.17) is 4.74 Å². The van der Waals surface area contributed by atoms with E-state index in [2.05, 4.69) is 0 Å². The van der Waals surface area contributed by atoms with E-state index in [9.17, 15) is 24.6 Å². The minimum atomic E-state index is -1.87. The highest BCUT2D eigenvalue weighted by Crippen LogP contribution is 2.47. The Balaban J connectivity index is 1.19. The fraction of sp³-hybridized carbons (Fsp3) is 0.378. The molecule has 2 N–H and O–H groups in total. The zero-order chi connectivity index (χ0) is 32.4. The average Bonchev–Trinajstić information content (AvgIpc) is 3.30. The molecule has 3 amide bonds. The summed E-state index contributed by atoms with van der Waals surface area (Å²) in [6, 6.07) is 20.6. The molecule has 0 radical (unpaired) electrons. The number of amides is 3. The molecular weight excluding hydrogens is 582 g/mol. The minimum absolute atomic E-state index is 0.0772. The van der Waals surface area contributed by atoms with Crippen LogP contribution in [0.2, 0.25) is 0 Å². The van der Waals surface area contributed by atoms with E-state index in [1.54, 1.807) is 47.1 Å². The van der Waals surface area contributed by atoms with Gasteiger partial charge in [-0.15, -0.1) is 0 Å². The van der Waals surface area contributed by atoms with Gasteiger partial charge >= 0.3 is 0 Å². The molecule has 0 saturated carbocycles. The van der Waals surface area contributed by atoms with Gasteiger partial charge in [-0.25, -0.2) is 0 Å². The number of benzene rings is 3. The number of anilines is 2. The molecule has 1 fully saturated rings. The zero-order valence-electron chi connectivity index (χ0n) is 26.4. The van der Waals surface area contributed by atoms with Gasteiger partial charge in [0.05, 0.1) is 32.0 Å². The van der Waals surface area contributed by atoms with Gasteiger partial charge in [0.25, 0.3) is 5.91 Å². The van der Waals surface area contributed by atoms with Crippen LogP contribution in [0.25, 0.3) is 0 Å². The van der Waals surface area contributed by atoms with Crippen LogP contribution in [0.15, 0.2) is 78.9 Å². The van der Waals surface area contributed by atoms with Gasteiger partial charge in [0.15, 0.2) is 5.60 Å². The Kier molecular flexibility index (Phi) is 8.97. The third-order valence-electron chi connectivity index (χ3n) is 9.65. The Hall–Kier alpha value is -4.47. The second-order valence-corrected chi connectivity index (χ2v) is 12.5. The Morgan fingerprint density at radius 2 is 1.83 bits per heavy atom. The summed E-state index contributed by atoms with van der Waals surface area (Å²) < 4.78 is 5.44. The van der Waals surface area contributed by atoms with Crippen molar-refractivity contribution in [2.24, 2.45) is 5.92 Å². The van der Waals surface area contributed by atoms with E-state index in [1.807, 2.05) is 53.4 Å². The van der Waals surface area contributed by atoms with Crippen molar-refractivity contribution in [2.45, 2.75) is 63.8 Å². The number of aliphatic hydroxyl groups is 2. The Labute approximate surface area is 269 Å². The van der Waals surface area contributed by atoms with Crippen molar-refractivity contribution in [1.29, 1.82) is 0 Å². The van der Waals surface area contributed by atoms with Crippen molar-refractivity contribution in [3.63, 3.8) is 0 Å². The summed E-state index contributed by atoms with van der Waals surface area (Å²) in [5.41, 5.74) is 3.09. The second-order valence-electron chi connectivity index (χ2n) is 12.5. The van der Waals surface area contributed by atoms with Gasteiger partial charge in [0, 0.05) is 43.1 Å². The molecule has 0 bridgehead atoms. The molecule has 6 rings (SSSR count). The molecule has 1 saturated heterocycles. The molecule has 46 heavy (non-hydrogen) atoms. The standard InChI is InChI=1S/C37H41N3O6/c1-25(8-7-12-35(43)39-23-28-10-4-3-9-27(28)20-30(39)24-41)37(45)32-21-31(46-2)17-18-33(32)40(36(37)44)22-26-13-15-29(16-14-26)38-19-6-5-11-34(38)42/h3-4,7-10,13-18,21,25,30,41,45H,5-6,11-12,19-20,22-24H2,1-2H3/b8-7+/t25-,30+,37+/m1/s1. The maximum atomic E-state index is 14.1. The number of carbonyl (C=O) groups excluding carboxylic acids is 3. The van der Waals surface area contributed by atoms with Crippen LogP contribution < -0.4 is 14.5 Å². The topological polar surface area (TPSA) is 111 Å². The van der Waals surface area contributed by atoms with E-state index >= 15 is 0 Å². The Morgan fingerprint density at radius 1 is 1.07 bits per heavy atom. The largest absolute Gasteiger partial charge is 0.497 e. The van der Waals surface area contributed by atoms with Crippen LogP contribution in [0.4, 0.5) is 11.4 Å². The third-order valence-corrected chi connectivity index (χ3v) is 9.65. The highest BCUT2D eigenvalue weighted by molar-refractivity contribution is 6.07. The van der Waals surface area contributed by atoms with Crippen molar-refractivity contribution in [1.82, 2.24) is 4.90 Å². The molecule has 9 heteroatoms. The normalized spacial score (nSPS) is 21.8. The molecule has 0 unspecified atom stereocenters. The lowest BCUT2D eigenvalue weighted by molar-refractivity contribution is -0.139. The molecule has 3 heterocycles. The van der Waals surface area contributed by atoms with Gasteiger partial charge in [-0.3, -0.25) is 14.4 Å². The summed E-state index contributed by atoms with van der Waals surface area (Å²) in [5.74, 6) is -0.594. The summed E-state index contributed by atoms with van der Waals surface area (Å²) in [5, 5.41) is 22.1. The molecule has 3 aromatic rings. The predicted molar refractivity (Wildman–Crippen MR) is 175 cm³/mol. The first kappa shape index (κ1) is 31.5. The molecular formula is C37H41N3O6. The van der Waals surface area contributed by atoms with Gasteiger partial charge in [0.2, 0.25) is 11.8 Å². The van der Waals surface area contributed by atoms with Gasteiger partial charge in [-0.2, -0.15) is 0 Å². The maximum absolute atomic E-state index is 14.1. The first-order valence-corrected chi connectivity index (χ1v) is 16.0. The SMILES string of the molecule is COc1ccc2c(c1)[C@@](O)([C@H](C)/C=C/CC(=O)N1Cc3ccccc3C[C@H]1CO)C(=O)N2Cc1ccc(N2CCCCC2=O)cc1. The first-order chi connectivity index (χ1) is 22.2. The maximum Gasteiger partial charge on any atom is 0.264 e. The Bertz CT molecular complexity index is 1650. The van der Waals surface area contributed by atoms with E-state index in [-0.39, 0.29) is 37.4 Å². The number of hydrogen-bond donors (Lipinski definition) is 2. The fourth-order valence-corrected chi connectivity index (χ4v) is 6.92. The van der Waals surface area contributed by atoms with E-state index in [1.165, 1.54) is 7.11 Å². The number of ether oxygens (including phenoxy) is 1. The molecule has 9 nitrogen and oxygen atoms in total. The Morgan fingerprint density at radius 3 is 2.54 bits per heavy atom. The van der Waals surface area contributed by atoms with Crippen LogP contribution in [-0.4, -0.2) is 59.1 Å². The number of rotatable bonds is 9. The third kappa shape index (κ3) is 5.81. The average molecular weight is 624 g/mol. The lowest BCUT2D eigenvalue weighted by Crippen LogP contribution is -2.46. The molecule has 3 atom stereocenters. The molecule has 3 aliphatic heterocycles. The number of methoxy groups -OCH3 is 1. The molecule has 240 valence electrons. The van der Waals surface area contributed by atoms with E-state index < -0.39 is 17.4 Å². The van der Waals surface area contributed by atoms with Gasteiger partial charge < -0.3 is 29.6 Å². The van der Waals surface area contributed by atoms with Crippen LogP contribution >= 0.6 is 0 Å². The number of fused-ring (bicyclic) bond motifs is 2. The summed E-state index contributed by atoms with van der Waals surface area (Å²) in [6.45, 7) is 3.02. The van der Waals surface area contributed by atoms with E-state index in [0.29, 0.717) is 42.9 Å². The lowest BCUT2D eigenvalue weighted by Gasteiger charge is -2.36. The van der Waals surface area contributed by atoms with Crippen molar-refractivity contribution in [2.75, 3.05) is 30.1 Å². The lowest BCUT2D eigenvalue weighted by atomic mass is 9.82. The number of piperidine rings is 1. The monoisotopic (exact) mass is 623 g/mol. The summed E-state index contributed by atoms with van der Waals surface area (Å²) in [7, 11) is 1.54. The number of nitrogens with zero attached hydrogens (tertiary/aromatic N) is 3. The molecule has 0 spiro atoms. The van der Waals surface area contributed by atoms with Crippen molar-refractivity contribution in [3.05, 3.63) is 101 Å². The van der Waals surface area contributed by atoms with Crippen LogP contribution in [0.3, 0.4) is 0 Å². The highest BCUT2D eigenvalue weighted by atomic mass is 16.5. The highest BCUT2D eigenvalue weighted by Gasteiger charge is 2.52. The summed E-state index contributed by atoms with van der Waals surface area (Å²) in [6.07, 6.45) is 6.55. The van der Waals surface area contributed by atoms with Crippen molar-refractivity contribution < 1.29 is 29.3 Å². The predicted octanol–water partition coefficient (Wildman–Crippen LogP) is 4.47. The number of carbonyl (C=O) groups is 3. The second kappa shape index (κ2) is 13.1. The zero-order valence-corrected chi connectivity index (χ0v) is 26.4. The van der Waals surface area contributed by atoms with Gasteiger partial charge in [-0.1, -0.05) is 55.5 Å². The minimum Gasteiger partial charge on any atom is -0.497 e. The fourth-order valence-electron chi connectivity index (χ4n) is 6.92. The first-order valence-electron chi connectivity index (χ1n) is 16.0. The van der Waals surface area contributed by atoms with Gasteiger partial charge in [0.1, 0.15) is 5.75 Å². The number of hydrogen-bond acceptors (Lipinski definition) is 6. The van der Waals surface area contributed by atoms with Crippen LogP contribution in [0.1, 0.15) is 54.9 Å². The van der Waals surface area contributed by atoms with Crippen LogP contribution in [0.5, 0.6) is 5.75 Å². The summed E-state index contributed by atoms with van der Waals surface area (Å²) in [4.78, 5) is 44.9. The van der Waals surface area contributed by atoms with Crippen LogP contribution in [0, 0.1) is 5.92 Å². The van der Waals surface area contributed by atoms with E-state index in [0.717, 1.165) is 35.2 Å². The van der Waals surface area contributed by atoms with Gasteiger partial charge in [-0.05, 0) is 66.3 Å². The number of aliphatic hydroxyl groups excluding tert-OH is 1. The molecule has 3 aromatic carbocycles. The van der Waals surface area contributed by atoms with Crippen LogP contribution in [-0.2, 0) is 39.5 Å². The van der Waals surface area contributed by atoms with Crippen molar-refractivity contribution >= 4 is 29.1 Å².